The Labute approximate surface area is 101 Å². The fourth-order valence-electron chi connectivity index (χ4n) is 1.28. The van der Waals surface area contributed by atoms with Gasteiger partial charge in [0, 0.05) is 0 Å². The first-order valence-corrected chi connectivity index (χ1v) is 6.19. The van der Waals surface area contributed by atoms with Crippen molar-refractivity contribution in [3.05, 3.63) is 18.2 Å². The first kappa shape index (κ1) is 13.4. The summed E-state index contributed by atoms with van der Waals surface area (Å²) in [6, 6.07) is 4.59. The van der Waals surface area contributed by atoms with Gasteiger partial charge in [-0.15, -0.1) is 6.42 Å². The number of rotatable bonds is 5. The van der Waals surface area contributed by atoms with Crippen LogP contribution in [0, 0.1) is 12.3 Å². The van der Waals surface area contributed by atoms with E-state index in [1.165, 1.54) is 20.3 Å². The van der Waals surface area contributed by atoms with E-state index in [0.717, 1.165) is 0 Å². The molecule has 0 fully saturated rings. The summed E-state index contributed by atoms with van der Waals surface area (Å²) in [5.74, 6) is 2.69. The molecule has 0 radical (unpaired) electrons. The summed E-state index contributed by atoms with van der Waals surface area (Å²) in [7, 11) is -0.889. The summed E-state index contributed by atoms with van der Waals surface area (Å²) in [4.78, 5) is -0.00500. The molecule has 0 spiro atoms. The topological polar surface area (TPSA) is 64.6 Å². The number of methoxy groups -OCH3 is 2. The summed E-state index contributed by atoms with van der Waals surface area (Å²) in [5.41, 5.74) is 0. The predicted molar refractivity (Wildman–Crippen MR) is 63.6 cm³/mol. The van der Waals surface area contributed by atoms with Gasteiger partial charge in [-0.3, -0.25) is 0 Å². The van der Waals surface area contributed by atoms with E-state index in [4.69, 9.17) is 15.9 Å². The fraction of sp³-hybridized carbons (Fsp3) is 0.273. The zero-order chi connectivity index (χ0) is 12.9. The molecule has 0 aliphatic rings. The normalized spacial score (nSPS) is 10.6. The van der Waals surface area contributed by atoms with Crippen LogP contribution in [0.15, 0.2) is 23.1 Å². The standard InChI is InChI=1S/C11H13NO4S/c1-4-8-12-17(13,14)10-7-5-6-9(15-2)11(10)16-3/h1,5-7,12H,8H2,2-3H3. The summed E-state index contributed by atoms with van der Waals surface area (Å²) >= 11 is 0. The van der Waals surface area contributed by atoms with Crippen LogP contribution in [-0.2, 0) is 10.0 Å². The minimum absolute atomic E-state index is 0.00500. The minimum Gasteiger partial charge on any atom is -0.493 e. The Hall–Kier alpha value is -1.71. The molecule has 0 bridgehead atoms. The SMILES string of the molecule is C#CCNS(=O)(=O)c1cccc(OC)c1OC. The molecule has 1 aromatic rings. The molecule has 0 heterocycles. The number of nitrogens with one attached hydrogen (secondary N) is 1. The Bertz CT molecular complexity index is 531. The lowest BCUT2D eigenvalue weighted by molar-refractivity contribution is 0.346. The van der Waals surface area contributed by atoms with Gasteiger partial charge in [0.1, 0.15) is 4.90 Å². The Kier molecular flexibility index (Phi) is 4.37. The van der Waals surface area contributed by atoms with Crippen molar-refractivity contribution in [2.24, 2.45) is 0 Å². The number of ether oxygens (including phenoxy) is 2. The predicted octanol–water partition coefficient (Wildman–Crippen LogP) is 0.615. The van der Waals surface area contributed by atoms with Gasteiger partial charge in [-0.25, -0.2) is 8.42 Å². The van der Waals surface area contributed by atoms with Gasteiger partial charge in [-0.1, -0.05) is 12.0 Å². The first-order chi connectivity index (χ1) is 8.06. The average Bonchev–Trinajstić information content (AvgIpc) is 2.35. The lowest BCUT2D eigenvalue weighted by Gasteiger charge is -2.12. The van der Waals surface area contributed by atoms with Crippen LogP contribution < -0.4 is 14.2 Å². The zero-order valence-electron chi connectivity index (χ0n) is 9.56. The highest BCUT2D eigenvalue weighted by molar-refractivity contribution is 7.89. The molecule has 0 amide bonds. The highest BCUT2D eigenvalue weighted by Gasteiger charge is 2.21. The van der Waals surface area contributed by atoms with E-state index in [9.17, 15) is 8.42 Å². The van der Waals surface area contributed by atoms with Crippen LogP contribution >= 0.6 is 0 Å². The van der Waals surface area contributed by atoms with Crippen LogP contribution in [0.3, 0.4) is 0 Å². The molecular weight excluding hydrogens is 242 g/mol. The van der Waals surface area contributed by atoms with Crippen molar-refractivity contribution in [3.63, 3.8) is 0 Å². The molecule has 0 atom stereocenters. The summed E-state index contributed by atoms with van der Waals surface area (Å²) in [5, 5.41) is 0. The summed E-state index contributed by atoms with van der Waals surface area (Å²) in [6.07, 6.45) is 5.01. The van der Waals surface area contributed by atoms with Crippen molar-refractivity contribution in [2.45, 2.75) is 4.90 Å². The van der Waals surface area contributed by atoms with Crippen LogP contribution in [-0.4, -0.2) is 29.2 Å². The van der Waals surface area contributed by atoms with Crippen molar-refractivity contribution < 1.29 is 17.9 Å². The molecule has 6 heteroatoms. The maximum atomic E-state index is 11.9. The van der Waals surface area contributed by atoms with Crippen molar-refractivity contribution in [2.75, 3.05) is 20.8 Å². The second kappa shape index (κ2) is 5.57. The van der Waals surface area contributed by atoms with Gasteiger partial charge in [-0.05, 0) is 12.1 Å². The van der Waals surface area contributed by atoms with E-state index in [1.807, 2.05) is 0 Å². The molecular formula is C11H13NO4S. The first-order valence-electron chi connectivity index (χ1n) is 4.71. The molecule has 5 nitrogen and oxygen atoms in total. The molecule has 0 unspecified atom stereocenters. The number of sulfonamides is 1. The lowest BCUT2D eigenvalue weighted by atomic mass is 10.3. The van der Waals surface area contributed by atoms with E-state index in [0.29, 0.717) is 5.75 Å². The molecule has 1 rings (SSSR count). The molecule has 0 saturated carbocycles. The quantitative estimate of drug-likeness (QED) is 0.783. The third-order valence-electron chi connectivity index (χ3n) is 2.02. The van der Waals surface area contributed by atoms with E-state index in [2.05, 4.69) is 10.6 Å². The van der Waals surface area contributed by atoms with Gasteiger partial charge in [0.15, 0.2) is 11.5 Å². The van der Waals surface area contributed by atoms with E-state index in [1.54, 1.807) is 12.1 Å². The number of terminal acetylenes is 1. The van der Waals surface area contributed by atoms with Crippen molar-refractivity contribution >= 4 is 10.0 Å². The van der Waals surface area contributed by atoms with E-state index >= 15 is 0 Å². The van der Waals surface area contributed by atoms with Gasteiger partial charge >= 0.3 is 0 Å². The van der Waals surface area contributed by atoms with Crippen molar-refractivity contribution in [1.82, 2.24) is 4.72 Å². The fourth-order valence-corrected chi connectivity index (χ4v) is 2.40. The van der Waals surface area contributed by atoms with Crippen LogP contribution in [0.1, 0.15) is 0 Å². The zero-order valence-corrected chi connectivity index (χ0v) is 10.4. The average molecular weight is 255 g/mol. The summed E-state index contributed by atoms with van der Waals surface area (Å²) in [6.45, 7) is -0.0807. The third-order valence-corrected chi connectivity index (χ3v) is 3.45. The molecule has 1 aromatic carbocycles. The van der Waals surface area contributed by atoms with Crippen molar-refractivity contribution in [3.8, 4) is 23.8 Å². The molecule has 0 aliphatic carbocycles. The van der Waals surface area contributed by atoms with Crippen LogP contribution in [0.2, 0.25) is 0 Å². The second-order valence-corrected chi connectivity index (χ2v) is 4.76. The van der Waals surface area contributed by atoms with Crippen LogP contribution in [0.4, 0.5) is 0 Å². The van der Waals surface area contributed by atoms with Crippen molar-refractivity contribution in [1.29, 1.82) is 0 Å². The van der Waals surface area contributed by atoms with Crippen LogP contribution in [0.25, 0.3) is 0 Å². The Morgan fingerprint density at radius 1 is 1.35 bits per heavy atom. The maximum Gasteiger partial charge on any atom is 0.245 e. The minimum atomic E-state index is -3.70. The maximum absolute atomic E-state index is 11.9. The molecule has 1 N–H and O–H groups in total. The smallest absolute Gasteiger partial charge is 0.245 e. The Balaban J connectivity index is 3.27. The highest BCUT2D eigenvalue weighted by atomic mass is 32.2. The molecule has 0 aromatic heterocycles. The monoisotopic (exact) mass is 255 g/mol. The number of para-hydroxylation sites is 1. The van der Waals surface area contributed by atoms with Gasteiger partial charge in [0.2, 0.25) is 10.0 Å². The molecule has 0 saturated heterocycles. The van der Waals surface area contributed by atoms with Gasteiger partial charge in [0.25, 0.3) is 0 Å². The lowest BCUT2D eigenvalue weighted by Crippen LogP contribution is -2.24. The molecule has 0 aliphatic heterocycles. The van der Waals surface area contributed by atoms with E-state index < -0.39 is 10.0 Å². The van der Waals surface area contributed by atoms with Gasteiger partial charge < -0.3 is 9.47 Å². The third kappa shape index (κ3) is 2.90. The second-order valence-electron chi connectivity index (χ2n) is 3.02. The highest BCUT2D eigenvalue weighted by Crippen LogP contribution is 2.33. The number of hydrogen-bond donors (Lipinski definition) is 1. The Morgan fingerprint density at radius 2 is 2.06 bits per heavy atom. The van der Waals surface area contributed by atoms with Gasteiger partial charge in [0.05, 0.1) is 20.8 Å². The summed E-state index contributed by atoms with van der Waals surface area (Å²) < 4.78 is 36.1. The number of benzene rings is 1. The molecule has 17 heavy (non-hydrogen) atoms. The molecule has 92 valence electrons. The number of hydrogen-bond acceptors (Lipinski definition) is 4. The van der Waals surface area contributed by atoms with E-state index in [-0.39, 0.29) is 17.2 Å². The Morgan fingerprint density at radius 3 is 2.59 bits per heavy atom. The van der Waals surface area contributed by atoms with Gasteiger partial charge in [-0.2, -0.15) is 4.72 Å². The van der Waals surface area contributed by atoms with Crippen LogP contribution in [0.5, 0.6) is 11.5 Å². The largest absolute Gasteiger partial charge is 0.493 e.